The average Bonchev–Trinajstić information content (AvgIpc) is 3.10. The van der Waals surface area contributed by atoms with E-state index in [-0.39, 0.29) is 5.70 Å². The highest BCUT2D eigenvalue weighted by Gasteiger charge is 2.14. The third kappa shape index (κ3) is 5.03. The van der Waals surface area contributed by atoms with E-state index in [9.17, 15) is 14.7 Å². The standard InChI is InChI=1S/C20H14ClNO4S/c21-15-8-4-5-9-17(15)27-18-11-10-14(26-18)12-16(20(24)25)22-19(23)13-6-2-1-3-7-13/h1-12H,(H,22,23)(H,24,25)/b16-12+. The van der Waals surface area contributed by atoms with E-state index in [4.69, 9.17) is 16.0 Å². The second-order valence-corrected chi connectivity index (χ2v) is 6.83. The van der Waals surface area contributed by atoms with Crippen molar-refractivity contribution in [1.82, 2.24) is 5.32 Å². The van der Waals surface area contributed by atoms with Crippen molar-refractivity contribution in [3.05, 3.63) is 88.8 Å². The number of carbonyl (C=O) groups is 2. The Bertz CT molecular complexity index is 998. The lowest BCUT2D eigenvalue weighted by Gasteiger charge is -2.05. The van der Waals surface area contributed by atoms with Gasteiger partial charge in [0.2, 0.25) is 0 Å². The molecule has 3 aromatic rings. The number of benzene rings is 2. The molecule has 5 nitrogen and oxygen atoms in total. The van der Waals surface area contributed by atoms with Crippen molar-refractivity contribution in [3.63, 3.8) is 0 Å². The Hall–Kier alpha value is -2.96. The molecule has 0 atom stereocenters. The van der Waals surface area contributed by atoms with Crippen LogP contribution in [0.3, 0.4) is 0 Å². The van der Waals surface area contributed by atoms with Crippen molar-refractivity contribution in [2.75, 3.05) is 0 Å². The minimum atomic E-state index is -1.27. The molecule has 3 rings (SSSR count). The second-order valence-electron chi connectivity index (χ2n) is 5.37. The lowest BCUT2D eigenvalue weighted by Crippen LogP contribution is -2.27. The Morgan fingerprint density at radius 1 is 1.00 bits per heavy atom. The van der Waals surface area contributed by atoms with Gasteiger partial charge in [-0.15, -0.1) is 0 Å². The van der Waals surface area contributed by atoms with Gasteiger partial charge in [0.05, 0.1) is 5.02 Å². The molecule has 0 bridgehead atoms. The molecule has 0 spiro atoms. The average molecular weight is 400 g/mol. The minimum absolute atomic E-state index is 0.285. The molecule has 27 heavy (non-hydrogen) atoms. The maximum atomic E-state index is 12.2. The van der Waals surface area contributed by atoms with Crippen molar-refractivity contribution in [3.8, 4) is 0 Å². The van der Waals surface area contributed by atoms with Crippen LogP contribution in [-0.2, 0) is 4.79 Å². The van der Waals surface area contributed by atoms with Crippen molar-refractivity contribution in [2.45, 2.75) is 9.99 Å². The first-order valence-corrected chi connectivity index (χ1v) is 9.06. The number of rotatable bonds is 6. The van der Waals surface area contributed by atoms with E-state index in [1.807, 2.05) is 18.2 Å². The van der Waals surface area contributed by atoms with Gasteiger partial charge in [0.1, 0.15) is 11.5 Å². The summed E-state index contributed by atoms with van der Waals surface area (Å²) in [6.07, 6.45) is 1.26. The molecule has 0 saturated heterocycles. The second kappa shape index (κ2) is 8.62. The van der Waals surface area contributed by atoms with Gasteiger partial charge in [-0.3, -0.25) is 4.79 Å². The summed E-state index contributed by atoms with van der Waals surface area (Å²) in [5.41, 5.74) is 0.0755. The van der Waals surface area contributed by atoms with Crippen LogP contribution >= 0.6 is 23.4 Å². The highest BCUT2D eigenvalue weighted by atomic mass is 35.5. The maximum absolute atomic E-state index is 12.2. The van der Waals surface area contributed by atoms with E-state index in [0.29, 0.717) is 21.4 Å². The molecule has 0 aliphatic heterocycles. The molecule has 1 aromatic heterocycles. The normalized spacial score (nSPS) is 11.2. The zero-order chi connectivity index (χ0) is 19.2. The van der Waals surface area contributed by atoms with Gasteiger partial charge in [-0.05, 0) is 36.4 Å². The van der Waals surface area contributed by atoms with Crippen LogP contribution in [0.4, 0.5) is 0 Å². The molecule has 0 radical (unpaired) electrons. The quantitative estimate of drug-likeness (QED) is 0.574. The molecule has 1 amide bonds. The van der Waals surface area contributed by atoms with Gasteiger partial charge in [0.15, 0.2) is 5.09 Å². The van der Waals surface area contributed by atoms with E-state index in [1.165, 1.54) is 17.8 Å². The molecule has 0 aliphatic carbocycles. The van der Waals surface area contributed by atoms with Gasteiger partial charge in [0.25, 0.3) is 5.91 Å². The number of hydrogen-bond acceptors (Lipinski definition) is 4. The molecule has 0 unspecified atom stereocenters. The number of halogens is 1. The topological polar surface area (TPSA) is 79.5 Å². The predicted molar refractivity (Wildman–Crippen MR) is 104 cm³/mol. The summed E-state index contributed by atoms with van der Waals surface area (Å²) in [7, 11) is 0. The minimum Gasteiger partial charge on any atom is -0.477 e. The number of amides is 1. The number of carbonyl (C=O) groups excluding carboxylic acids is 1. The van der Waals surface area contributed by atoms with E-state index < -0.39 is 11.9 Å². The predicted octanol–water partition coefficient (Wildman–Crippen LogP) is 4.94. The van der Waals surface area contributed by atoms with Gasteiger partial charge < -0.3 is 14.8 Å². The van der Waals surface area contributed by atoms with Gasteiger partial charge in [-0.2, -0.15) is 0 Å². The fourth-order valence-electron chi connectivity index (χ4n) is 2.18. The smallest absolute Gasteiger partial charge is 0.352 e. The van der Waals surface area contributed by atoms with E-state index >= 15 is 0 Å². The number of carboxylic acids is 1. The number of carboxylic acid groups (broad SMARTS) is 1. The molecule has 2 N–H and O–H groups in total. The van der Waals surface area contributed by atoms with E-state index in [1.54, 1.807) is 48.5 Å². The van der Waals surface area contributed by atoms with Crippen LogP contribution in [0, 0.1) is 0 Å². The Labute approximate surface area is 164 Å². The van der Waals surface area contributed by atoms with Crippen molar-refractivity contribution in [2.24, 2.45) is 0 Å². The van der Waals surface area contributed by atoms with Crippen LogP contribution in [0.2, 0.25) is 5.02 Å². The van der Waals surface area contributed by atoms with E-state index in [2.05, 4.69) is 5.32 Å². The van der Waals surface area contributed by atoms with Gasteiger partial charge in [-0.1, -0.05) is 53.7 Å². The fourth-order valence-corrected chi connectivity index (χ4v) is 3.23. The van der Waals surface area contributed by atoms with Crippen LogP contribution < -0.4 is 5.32 Å². The first-order chi connectivity index (χ1) is 13.0. The van der Waals surface area contributed by atoms with Gasteiger partial charge in [0, 0.05) is 16.5 Å². The van der Waals surface area contributed by atoms with E-state index in [0.717, 1.165) is 4.90 Å². The van der Waals surface area contributed by atoms with Gasteiger partial charge >= 0.3 is 5.97 Å². The Balaban J connectivity index is 1.77. The highest BCUT2D eigenvalue weighted by molar-refractivity contribution is 7.99. The summed E-state index contributed by atoms with van der Waals surface area (Å²) in [4.78, 5) is 24.5. The molecule has 136 valence electrons. The summed E-state index contributed by atoms with van der Waals surface area (Å²) in [6, 6.07) is 19.0. The third-order valence-corrected chi connectivity index (χ3v) is 4.89. The maximum Gasteiger partial charge on any atom is 0.352 e. The molecule has 0 aliphatic rings. The first-order valence-electron chi connectivity index (χ1n) is 7.86. The first kappa shape index (κ1) is 18.8. The Morgan fingerprint density at radius 2 is 1.70 bits per heavy atom. The summed E-state index contributed by atoms with van der Waals surface area (Å²) in [6.45, 7) is 0. The summed E-state index contributed by atoms with van der Waals surface area (Å²) in [5.74, 6) is -1.48. The molecule has 0 saturated carbocycles. The highest BCUT2D eigenvalue weighted by Crippen LogP contribution is 2.34. The SMILES string of the molecule is O=C(O)/C(=C\c1ccc(Sc2ccccc2Cl)o1)NC(=O)c1ccccc1. The van der Waals surface area contributed by atoms with Crippen LogP contribution in [0.25, 0.3) is 6.08 Å². The number of aliphatic carboxylic acids is 1. The molecule has 0 fully saturated rings. The van der Waals surface area contributed by atoms with Gasteiger partial charge in [-0.25, -0.2) is 4.79 Å². The Kier molecular flexibility index (Phi) is 6.01. The van der Waals surface area contributed by atoms with Crippen molar-refractivity contribution in [1.29, 1.82) is 0 Å². The number of hydrogen-bond donors (Lipinski definition) is 2. The van der Waals surface area contributed by atoms with Crippen LogP contribution in [-0.4, -0.2) is 17.0 Å². The number of nitrogens with one attached hydrogen (secondary N) is 1. The fraction of sp³-hybridized carbons (Fsp3) is 0. The lowest BCUT2D eigenvalue weighted by atomic mass is 10.2. The van der Waals surface area contributed by atoms with Crippen LogP contribution in [0.5, 0.6) is 0 Å². The zero-order valence-electron chi connectivity index (χ0n) is 13.9. The zero-order valence-corrected chi connectivity index (χ0v) is 15.5. The third-order valence-electron chi connectivity index (χ3n) is 3.45. The molecule has 2 aromatic carbocycles. The van der Waals surface area contributed by atoms with Crippen molar-refractivity contribution >= 4 is 41.3 Å². The summed E-state index contributed by atoms with van der Waals surface area (Å²) < 4.78 is 5.62. The Morgan fingerprint density at radius 3 is 2.41 bits per heavy atom. The molecular formula is C20H14ClNO4S. The lowest BCUT2D eigenvalue weighted by molar-refractivity contribution is -0.132. The van der Waals surface area contributed by atoms with Crippen molar-refractivity contribution < 1.29 is 19.1 Å². The number of furan rings is 1. The molecular weight excluding hydrogens is 386 g/mol. The summed E-state index contributed by atoms with van der Waals surface area (Å²) in [5, 5.41) is 12.9. The monoisotopic (exact) mass is 399 g/mol. The summed E-state index contributed by atoms with van der Waals surface area (Å²) >= 11 is 7.44. The largest absolute Gasteiger partial charge is 0.477 e. The van der Waals surface area contributed by atoms with Crippen LogP contribution in [0.1, 0.15) is 16.1 Å². The molecule has 7 heteroatoms. The molecule has 1 heterocycles. The van der Waals surface area contributed by atoms with Crippen LogP contribution in [0.15, 0.2) is 86.8 Å².